The van der Waals surface area contributed by atoms with E-state index in [1.165, 1.54) is 0 Å². The first-order valence-electron chi connectivity index (χ1n) is 5.46. The molecule has 2 atom stereocenters. The number of carbonyl (C=O) groups is 1. The van der Waals surface area contributed by atoms with Crippen molar-refractivity contribution in [3.05, 3.63) is 16.1 Å². The van der Waals surface area contributed by atoms with Gasteiger partial charge in [-0.05, 0) is 27.2 Å². The molecule has 0 aliphatic rings. The molecule has 0 radical (unpaired) electrons. The zero-order valence-corrected chi connectivity index (χ0v) is 13.3. The summed E-state index contributed by atoms with van der Waals surface area (Å²) in [6.07, 6.45) is 3.02. The largest absolute Gasteiger partial charge is 0.347 e. The van der Waals surface area contributed by atoms with Crippen molar-refractivity contribution in [3.8, 4) is 0 Å². The lowest BCUT2D eigenvalue weighted by atomic mass is 10.2. The topological polar surface area (TPSA) is 68.0 Å². The molecule has 1 amide bonds. The molecule has 1 aromatic rings. The highest BCUT2D eigenvalue weighted by Crippen LogP contribution is 2.18. The fourth-order valence-corrected chi connectivity index (χ4v) is 2.08. The molecule has 2 unspecified atom stereocenters. The quantitative estimate of drug-likeness (QED) is 0.878. The Hall–Kier alpha value is -0.360. The highest BCUT2D eigenvalue weighted by molar-refractivity contribution is 7.11. The Morgan fingerprint density at radius 2 is 2.11 bits per heavy atom. The van der Waals surface area contributed by atoms with E-state index in [9.17, 15) is 4.79 Å². The van der Waals surface area contributed by atoms with Crippen LogP contribution in [0.3, 0.4) is 0 Å². The molecule has 1 aromatic heterocycles. The van der Waals surface area contributed by atoms with Crippen molar-refractivity contribution in [2.24, 2.45) is 5.73 Å². The summed E-state index contributed by atoms with van der Waals surface area (Å²) in [5.41, 5.74) is 5.60. The minimum atomic E-state index is -0.0146. The van der Waals surface area contributed by atoms with Gasteiger partial charge in [0.1, 0.15) is 5.01 Å². The standard InChI is InChI=1S/C11H19N3OS.2ClH/c1-7(12)4-5-10(15)14-9(3)11-13-6-8(2)16-11;;/h6-7,9H,4-5,12H2,1-3H3,(H,14,15);2*1H. The zero-order valence-electron chi connectivity index (χ0n) is 10.8. The number of nitrogens with two attached hydrogens (primary N) is 1. The summed E-state index contributed by atoms with van der Waals surface area (Å²) in [6, 6.07) is 0.0578. The van der Waals surface area contributed by atoms with Crippen LogP contribution in [0.1, 0.15) is 42.6 Å². The molecule has 18 heavy (non-hydrogen) atoms. The summed E-state index contributed by atoms with van der Waals surface area (Å²) in [5, 5.41) is 3.87. The maximum absolute atomic E-state index is 11.5. The summed E-state index contributed by atoms with van der Waals surface area (Å²) in [5.74, 6) is 0.0395. The van der Waals surface area contributed by atoms with Crippen LogP contribution >= 0.6 is 36.2 Å². The van der Waals surface area contributed by atoms with Crippen molar-refractivity contribution in [1.29, 1.82) is 0 Å². The summed E-state index contributed by atoms with van der Waals surface area (Å²) in [4.78, 5) is 17.0. The van der Waals surface area contributed by atoms with E-state index in [1.54, 1.807) is 11.3 Å². The number of hydrogen-bond acceptors (Lipinski definition) is 4. The van der Waals surface area contributed by atoms with Gasteiger partial charge in [0, 0.05) is 23.5 Å². The van der Waals surface area contributed by atoms with Gasteiger partial charge in [-0.3, -0.25) is 4.79 Å². The van der Waals surface area contributed by atoms with Crippen molar-refractivity contribution in [2.75, 3.05) is 0 Å². The van der Waals surface area contributed by atoms with E-state index in [0.29, 0.717) is 6.42 Å². The third-order valence-corrected chi connectivity index (χ3v) is 3.31. The number of amides is 1. The Morgan fingerprint density at radius 3 is 2.56 bits per heavy atom. The number of nitrogens with one attached hydrogen (secondary N) is 1. The molecule has 0 fully saturated rings. The van der Waals surface area contributed by atoms with Gasteiger partial charge in [0.05, 0.1) is 6.04 Å². The van der Waals surface area contributed by atoms with Crippen LogP contribution in [-0.2, 0) is 4.79 Å². The van der Waals surface area contributed by atoms with Gasteiger partial charge in [-0.15, -0.1) is 36.2 Å². The summed E-state index contributed by atoms with van der Waals surface area (Å²) in [6.45, 7) is 5.86. The first-order valence-corrected chi connectivity index (χ1v) is 6.28. The van der Waals surface area contributed by atoms with Gasteiger partial charge in [0.2, 0.25) is 5.91 Å². The van der Waals surface area contributed by atoms with Crippen LogP contribution in [-0.4, -0.2) is 16.9 Å². The van der Waals surface area contributed by atoms with E-state index < -0.39 is 0 Å². The molecule has 3 N–H and O–H groups in total. The average molecular weight is 314 g/mol. The second-order valence-electron chi connectivity index (χ2n) is 4.11. The van der Waals surface area contributed by atoms with Crippen molar-refractivity contribution in [2.45, 2.75) is 45.7 Å². The fourth-order valence-electron chi connectivity index (χ4n) is 1.31. The first kappa shape index (κ1) is 20.0. The lowest BCUT2D eigenvalue weighted by Crippen LogP contribution is -2.28. The molecule has 0 spiro atoms. The van der Waals surface area contributed by atoms with Crippen molar-refractivity contribution < 1.29 is 4.79 Å². The van der Waals surface area contributed by atoms with Gasteiger partial charge < -0.3 is 11.1 Å². The van der Waals surface area contributed by atoms with Crippen molar-refractivity contribution in [3.63, 3.8) is 0 Å². The van der Waals surface area contributed by atoms with Crippen molar-refractivity contribution in [1.82, 2.24) is 10.3 Å². The molecule has 0 aliphatic heterocycles. The second kappa shape index (κ2) is 9.55. The molecule has 0 saturated carbocycles. The summed E-state index contributed by atoms with van der Waals surface area (Å²) in [7, 11) is 0. The Bertz CT molecular complexity index is 358. The van der Waals surface area contributed by atoms with Gasteiger partial charge >= 0.3 is 0 Å². The van der Waals surface area contributed by atoms with E-state index in [-0.39, 0.29) is 42.8 Å². The minimum absolute atomic E-state index is 0. The zero-order chi connectivity index (χ0) is 12.1. The molecule has 1 heterocycles. The Kier molecular flexibility index (Phi) is 10.6. The highest BCUT2D eigenvalue weighted by atomic mass is 35.5. The van der Waals surface area contributed by atoms with Gasteiger partial charge in [-0.1, -0.05) is 0 Å². The Balaban J connectivity index is 0. The molecule has 0 aliphatic carbocycles. The van der Waals surface area contributed by atoms with Crippen LogP contribution in [0.5, 0.6) is 0 Å². The van der Waals surface area contributed by atoms with E-state index in [1.807, 2.05) is 27.0 Å². The Labute approximate surface area is 125 Å². The number of aromatic nitrogens is 1. The van der Waals surface area contributed by atoms with Crippen LogP contribution in [0.2, 0.25) is 0 Å². The number of nitrogens with zero attached hydrogens (tertiary/aromatic N) is 1. The number of halogens is 2. The number of carbonyl (C=O) groups excluding carboxylic acids is 1. The van der Waals surface area contributed by atoms with E-state index in [2.05, 4.69) is 10.3 Å². The summed E-state index contributed by atoms with van der Waals surface area (Å²) < 4.78 is 0. The molecule has 1 rings (SSSR count). The predicted octanol–water partition coefficient (Wildman–Crippen LogP) is 2.60. The normalized spacial score (nSPS) is 12.9. The lowest BCUT2D eigenvalue weighted by molar-refractivity contribution is -0.121. The van der Waals surface area contributed by atoms with Crippen LogP contribution < -0.4 is 11.1 Å². The molecule has 0 aromatic carbocycles. The van der Waals surface area contributed by atoms with E-state index >= 15 is 0 Å². The van der Waals surface area contributed by atoms with Crippen molar-refractivity contribution >= 4 is 42.1 Å². The smallest absolute Gasteiger partial charge is 0.220 e. The fraction of sp³-hybridized carbons (Fsp3) is 0.636. The maximum Gasteiger partial charge on any atom is 0.220 e. The summed E-state index contributed by atoms with van der Waals surface area (Å²) >= 11 is 1.61. The van der Waals surface area contributed by atoms with Crippen LogP contribution in [0.15, 0.2) is 6.20 Å². The number of aryl methyl sites for hydroxylation is 1. The molecule has 0 saturated heterocycles. The highest BCUT2D eigenvalue weighted by Gasteiger charge is 2.12. The van der Waals surface area contributed by atoms with Crippen LogP contribution in [0, 0.1) is 6.92 Å². The number of thiazole rings is 1. The second-order valence-corrected chi connectivity index (χ2v) is 5.38. The third-order valence-electron chi connectivity index (χ3n) is 2.21. The van der Waals surface area contributed by atoms with Crippen LogP contribution in [0.4, 0.5) is 0 Å². The predicted molar refractivity (Wildman–Crippen MR) is 80.8 cm³/mol. The van der Waals surface area contributed by atoms with Gasteiger partial charge in [0.25, 0.3) is 0 Å². The molecular formula is C11H21Cl2N3OS. The molecule has 0 bridgehead atoms. The van der Waals surface area contributed by atoms with Gasteiger partial charge in [-0.2, -0.15) is 0 Å². The molecular weight excluding hydrogens is 293 g/mol. The SMILES string of the molecule is Cc1cnc(C(C)NC(=O)CCC(C)N)s1.Cl.Cl. The van der Waals surface area contributed by atoms with E-state index in [0.717, 1.165) is 16.3 Å². The van der Waals surface area contributed by atoms with Gasteiger partial charge in [0.15, 0.2) is 0 Å². The average Bonchev–Trinajstić information content (AvgIpc) is 2.62. The monoisotopic (exact) mass is 313 g/mol. The third kappa shape index (κ3) is 7.16. The molecule has 4 nitrogen and oxygen atoms in total. The van der Waals surface area contributed by atoms with Crippen LogP contribution in [0.25, 0.3) is 0 Å². The number of rotatable bonds is 5. The maximum atomic E-state index is 11.5. The molecule has 106 valence electrons. The lowest BCUT2D eigenvalue weighted by Gasteiger charge is -2.11. The van der Waals surface area contributed by atoms with E-state index in [4.69, 9.17) is 5.73 Å². The Morgan fingerprint density at radius 1 is 1.50 bits per heavy atom. The molecule has 7 heteroatoms. The van der Waals surface area contributed by atoms with Gasteiger partial charge in [-0.25, -0.2) is 4.98 Å². The number of hydrogen-bond donors (Lipinski definition) is 2. The first-order chi connectivity index (χ1) is 7.49. The minimum Gasteiger partial charge on any atom is -0.347 e.